The van der Waals surface area contributed by atoms with Gasteiger partial charge in [-0.2, -0.15) is 5.26 Å². The molecule has 2 rings (SSSR count). The van der Waals surface area contributed by atoms with E-state index in [9.17, 15) is 0 Å². The van der Waals surface area contributed by atoms with Crippen molar-refractivity contribution in [3.8, 4) is 6.07 Å². The van der Waals surface area contributed by atoms with E-state index < -0.39 is 0 Å². The predicted octanol–water partition coefficient (Wildman–Crippen LogP) is 5.52. The molecule has 0 aliphatic carbocycles. The molecule has 0 saturated heterocycles. The average Bonchev–Trinajstić information content (AvgIpc) is 2.67. The zero-order valence-corrected chi connectivity index (χ0v) is 14.6. The largest absolute Gasteiger partial charge is 0.379 e. The molecule has 2 nitrogen and oxygen atoms in total. The molecule has 0 unspecified atom stereocenters. The highest BCUT2D eigenvalue weighted by Crippen LogP contribution is 2.33. The lowest BCUT2D eigenvalue weighted by atomic mass is 10.2. The summed E-state index contributed by atoms with van der Waals surface area (Å²) in [5.41, 5.74) is 1.49. The molecule has 1 aromatic carbocycles. The van der Waals surface area contributed by atoms with Gasteiger partial charge in [0.25, 0.3) is 0 Å². The standard InChI is InChI=1S/C12H7Br3N2S/c13-8-1-2-11(7(3-8)5-16)17-6-9-4-10(14)12(15)18-9/h1-4,17H,6H2. The summed E-state index contributed by atoms with van der Waals surface area (Å²) in [7, 11) is 0. The molecule has 2 aromatic rings. The number of nitriles is 1. The van der Waals surface area contributed by atoms with Crippen LogP contribution in [0.2, 0.25) is 0 Å². The Morgan fingerprint density at radius 1 is 1.22 bits per heavy atom. The van der Waals surface area contributed by atoms with Crippen LogP contribution in [0.5, 0.6) is 0 Å². The first kappa shape index (κ1) is 14.1. The number of rotatable bonds is 3. The minimum atomic E-state index is 0.638. The van der Waals surface area contributed by atoms with Crippen LogP contribution in [0.4, 0.5) is 5.69 Å². The van der Waals surface area contributed by atoms with Crippen LogP contribution in [-0.4, -0.2) is 0 Å². The van der Waals surface area contributed by atoms with E-state index in [1.165, 1.54) is 4.88 Å². The quantitative estimate of drug-likeness (QED) is 0.668. The second kappa shape index (κ2) is 6.20. The molecule has 1 N–H and O–H groups in total. The van der Waals surface area contributed by atoms with E-state index >= 15 is 0 Å². The highest BCUT2D eigenvalue weighted by atomic mass is 79.9. The number of thiophene rings is 1. The fraction of sp³-hybridized carbons (Fsp3) is 0.0833. The molecule has 1 aromatic heterocycles. The molecule has 0 spiro atoms. The van der Waals surface area contributed by atoms with Crippen LogP contribution in [0.1, 0.15) is 10.4 Å². The fourth-order valence-electron chi connectivity index (χ4n) is 1.42. The highest BCUT2D eigenvalue weighted by Gasteiger charge is 2.06. The zero-order chi connectivity index (χ0) is 13.1. The number of benzene rings is 1. The molecule has 1 heterocycles. The lowest BCUT2D eigenvalue weighted by Gasteiger charge is -2.07. The molecular weight excluding hydrogens is 444 g/mol. The van der Waals surface area contributed by atoms with E-state index in [4.69, 9.17) is 5.26 Å². The van der Waals surface area contributed by atoms with E-state index in [-0.39, 0.29) is 0 Å². The van der Waals surface area contributed by atoms with Gasteiger partial charge in [0, 0.05) is 20.4 Å². The Labute approximate surface area is 134 Å². The fourth-order valence-corrected chi connectivity index (χ4v) is 3.90. The molecule has 6 heteroatoms. The summed E-state index contributed by atoms with van der Waals surface area (Å²) >= 11 is 11.9. The predicted molar refractivity (Wildman–Crippen MR) is 85.9 cm³/mol. The van der Waals surface area contributed by atoms with Gasteiger partial charge < -0.3 is 5.32 Å². The summed E-state index contributed by atoms with van der Waals surface area (Å²) in [5, 5.41) is 12.3. The first-order valence-electron chi connectivity index (χ1n) is 4.97. The Morgan fingerprint density at radius 3 is 2.61 bits per heavy atom. The molecule has 0 atom stereocenters. The number of hydrogen-bond donors (Lipinski definition) is 1. The van der Waals surface area contributed by atoms with Gasteiger partial charge in [0.15, 0.2) is 0 Å². The maximum Gasteiger partial charge on any atom is 0.101 e. The van der Waals surface area contributed by atoms with Crippen molar-refractivity contribution in [3.05, 3.63) is 47.4 Å². The van der Waals surface area contributed by atoms with Crippen LogP contribution in [0.25, 0.3) is 0 Å². The minimum Gasteiger partial charge on any atom is -0.379 e. The van der Waals surface area contributed by atoms with Crippen LogP contribution in [-0.2, 0) is 6.54 Å². The first-order chi connectivity index (χ1) is 8.60. The number of hydrogen-bond acceptors (Lipinski definition) is 3. The third-order valence-electron chi connectivity index (χ3n) is 2.25. The van der Waals surface area contributed by atoms with E-state index in [0.717, 1.165) is 18.4 Å². The molecule has 0 amide bonds. The van der Waals surface area contributed by atoms with Crippen molar-refractivity contribution in [1.82, 2.24) is 0 Å². The topological polar surface area (TPSA) is 35.8 Å². The molecule has 0 radical (unpaired) electrons. The maximum atomic E-state index is 9.07. The normalized spacial score (nSPS) is 10.1. The van der Waals surface area contributed by atoms with Crippen LogP contribution in [0.15, 0.2) is 37.0 Å². The first-order valence-corrected chi connectivity index (χ1v) is 8.17. The Balaban J connectivity index is 2.13. The summed E-state index contributed by atoms with van der Waals surface area (Å²) in [5.74, 6) is 0. The summed E-state index contributed by atoms with van der Waals surface area (Å²) in [6, 6.07) is 9.88. The number of nitrogens with zero attached hydrogens (tertiary/aromatic N) is 1. The van der Waals surface area contributed by atoms with Gasteiger partial charge in [-0.25, -0.2) is 0 Å². The molecule has 18 heavy (non-hydrogen) atoms. The van der Waals surface area contributed by atoms with Gasteiger partial charge in [-0.3, -0.25) is 0 Å². The van der Waals surface area contributed by atoms with Crippen LogP contribution in [0, 0.1) is 11.3 Å². The van der Waals surface area contributed by atoms with Crippen molar-refractivity contribution >= 4 is 64.8 Å². The van der Waals surface area contributed by atoms with Gasteiger partial charge in [0.2, 0.25) is 0 Å². The van der Waals surface area contributed by atoms with E-state index in [1.807, 2.05) is 18.2 Å². The second-order valence-electron chi connectivity index (χ2n) is 3.49. The lowest BCUT2D eigenvalue weighted by Crippen LogP contribution is -1.99. The van der Waals surface area contributed by atoms with Gasteiger partial charge in [-0.1, -0.05) is 15.9 Å². The minimum absolute atomic E-state index is 0.638. The Morgan fingerprint density at radius 2 is 2.00 bits per heavy atom. The molecule has 0 saturated carbocycles. The van der Waals surface area contributed by atoms with E-state index in [1.54, 1.807) is 11.3 Å². The molecule has 0 bridgehead atoms. The molecule has 0 aliphatic rings. The Hall–Kier alpha value is -0.350. The van der Waals surface area contributed by atoms with E-state index in [0.29, 0.717) is 12.1 Å². The third-order valence-corrected chi connectivity index (χ3v) is 6.00. The maximum absolute atomic E-state index is 9.07. The summed E-state index contributed by atoms with van der Waals surface area (Å²) in [6.07, 6.45) is 0. The van der Waals surface area contributed by atoms with Crippen LogP contribution in [0.3, 0.4) is 0 Å². The van der Waals surface area contributed by atoms with Crippen molar-refractivity contribution in [2.45, 2.75) is 6.54 Å². The molecule has 0 fully saturated rings. The lowest BCUT2D eigenvalue weighted by molar-refractivity contribution is 1.19. The van der Waals surface area contributed by atoms with Crippen molar-refractivity contribution in [2.75, 3.05) is 5.32 Å². The van der Waals surface area contributed by atoms with Crippen molar-refractivity contribution in [1.29, 1.82) is 5.26 Å². The van der Waals surface area contributed by atoms with Crippen LogP contribution < -0.4 is 5.32 Å². The van der Waals surface area contributed by atoms with Gasteiger partial charge in [-0.05, 0) is 56.1 Å². The summed E-state index contributed by atoms with van der Waals surface area (Å²) in [6.45, 7) is 0.700. The monoisotopic (exact) mass is 448 g/mol. The van der Waals surface area contributed by atoms with Crippen molar-refractivity contribution in [2.24, 2.45) is 0 Å². The molecule has 92 valence electrons. The van der Waals surface area contributed by atoms with E-state index in [2.05, 4.69) is 65.2 Å². The van der Waals surface area contributed by atoms with Gasteiger partial charge in [-0.15, -0.1) is 11.3 Å². The van der Waals surface area contributed by atoms with Crippen molar-refractivity contribution < 1.29 is 0 Å². The Bertz CT molecular complexity index is 597. The highest BCUT2D eigenvalue weighted by molar-refractivity contribution is 9.13. The smallest absolute Gasteiger partial charge is 0.101 e. The molecular formula is C12H7Br3N2S. The number of anilines is 1. The Kier molecular flexibility index (Phi) is 4.84. The molecule has 0 aliphatic heterocycles. The van der Waals surface area contributed by atoms with Gasteiger partial charge >= 0.3 is 0 Å². The third kappa shape index (κ3) is 3.35. The number of halogens is 3. The van der Waals surface area contributed by atoms with Crippen molar-refractivity contribution in [3.63, 3.8) is 0 Å². The van der Waals surface area contributed by atoms with Crippen LogP contribution >= 0.6 is 59.1 Å². The summed E-state index contributed by atoms with van der Waals surface area (Å²) in [4.78, 5) is 1.19. The second-order valence-corrected chi connectivity index (χ2v) is 7.71. The zero-order valence-electron chi connectivity index (χ0n) is 9.01. The number of nitrogens with one attached hydrogen (secondary N) is 1. The average molecular weight is 451 g/mol. The summed E-state index contributed by atoms with van der Waals surface area (Å²) < 4.78 is 3.04. The van der Waals surface area contributed by atoms with Gasteiger partial charge in [0.1, 0.15) is 6.07 Å². The SMILES string of the molecule is N#Cc1cc(Br)ccc1NCc1cc(Br)c(Br)s1. The van der Waals surface area contributed by atoms with Gasteiger partial charge in [0.05, 0.1) is 15.0 Å².